The molecule has 166 valence electrons. The maximum absolute atomic E-state index is 6.05. The van der Waals surface area contributed by atoms with E-state index in [9.17, 15) is 0 Å². The third kappa shape index (κ3) is 4.82. The Kier molecular flexibility index (Phi) is 7.28. The van der Waals surface area contributed by atoms with Gasteiger partial charge in [0.25, 0.3) is 0 Å². The number of aliphatic imine (C=N–C) groups is 1. The van der Waals surface area contributed by atoms with Crippen molar-refractivity contribution in [3.63, 3.8) is 0 Å². The maximum Gasteiger partial charge on any atom is 0.194 e. The minimum Gasteiger partial charge on any atom is -0.381 e. The van der Waals surface area contributed by atoms with Crippen molar-refractivity contribution in [2.24, 2.45) is 4.99 Å². The SMILES string of the molecule is CCNC(=NCC1(c2ccccc2C)CCOCC1)N1CCOC(C2CCCO2)C1. The third-order valence-corrected chi connectivity index (χ3v) is 6.81. The van der Waals surface area contributed by atoms with Crippen LogP contribution < -0.4 is 5.32 Å². The first-order chi connectivity index (χ1) is 14.7. The Bertz CT molecular complexity index is 711. The molecule has 2 unspecified atom stereocenters. The van der Waals surface area contributed by atoms with Crippen LogP contribution in [0.2, 0.25) is 0 Å². The molecule has 0 radical (unpaired) electrons. The molecule has 6 nitrogen and oxygen atoms in total. The van der Waals surface area contributed by atoms with Crippen LogP contribution in [-0.2, 0) is 19.6 Å². The number of hydrogen-bond donors (Lipinski definition) is 1. The summed E-state index contributed by atoms with van der Waals surface area (Å²) in [5.41, 5.74) is 2.82. The molecule has 3 heterocycles. The number of hydrogen-bond acceptors (Lipinski definition) is 4. The molecule has 3 aliphatic heterocycles. The van der Waals surface area contributed by atoms with Crippen LogP contribution in [0.1, 0.15) is 43.7 Å². The molecule has 0 spiro atoms. The molecule has 1 N–H and O–H groups in total. The highest BCUT2D eigenvalue weighted by Crippen LogP contribution is 2.37. The number of ether oxygens (including phenoxy) is 3. The Morgan fingerprint density at radius 1 is 1.13 bits per heavy atom. The van der Waals surface area contributed by atoms with Crippen LogP contribution in [0, 0.1) is 6.92 Å². The monoisotopic (exact) mass is 415 g/mol. The lowest BCUT2D eigenvalue weighted by Crippen LogP contribution is -2.53. The predicted molar refractivity (Wildman–Crippen MR) is 119 cm³/mol. The van der Waals surface area contributed by atoms with E-state index in [-0.39, 0.29) is 17.6 Å². The van der Waals surface area contributed by atoms with Gasteiger partial charge < -0.3 is 24.4 Å². The minimum atomic E-state index is 0.0461. The molecule has 3 fully saturated rings. The third-order valence-electron chi connectivity index (χ3n) is 6.81. The first kappa shape index (κ1) is 21.6. The quantitative estimate of drug-likeness (QED) is 0.592. The van der Waals surface area contributed by atoms with Gasteiger partial charge in [0, 0.05) is 44.9 Å². The van der Waals surface area contributed by atoms with Crippen molar-refractivity contribution in [3.8, 4) is 0 Å². The summed E-state index contributed by atoms with van der Waals surface area (Å²) in [6.07, 6.45) is 4.63. The molecular formula is C24H37N3O3. The smallest absolute Gasteiger partial charge is 0.194 e. The molecule has 0 bridgehead atoms. The number of rotatable bonds is 5. The average molecular weight is 416 g/mol. The molecule has 0 aliphatic carbocycles. The van der Waals surface area contributed by atoms with Crippen molar-refractivity contribution < 1.29 is 14.2 Å². The van der Waals surface area contributed by atoms with Crippen molar-refractivity contribution >= 4 is 5.96 Å². The van der Waals surface area contributed by atoms with Crippen LogP contribution in [0.25, 0.3) is 0 Å². The van der Waals surface area contributed by atoms with Gasteiger partial charge in [-0.05, 0) is 50.7 Å². The number of morpholine rings is 1. The average Bonchev–Trinajstić information content (AvgIpc) is 3.33. The molecule has 1 aromatic rings. The van der Waals surface area contributed by atoms with Gasteiger partial charge in [0.15, 0.2) is 5.96 Å². The van der Waals surface area contributed by atoms with Gasteiger partial charge in [-0.15, -0.1) is 0 Å². The predicted octanol–water partition coefficient (Wildman–Crippen LogP) is 2.89. The number of aryl methyl sites for hydroxylation is 1. The van der Waals surface area contributed by atoms with E-state index in [2.05, 4.69) is 48.3 Å². The zero-order chi connectivity index (χ0) is 20.8. The van der Waals surface area contributed by atoms with Crippen molar-refractivity contribution in [2.45, 2.75) is 57.2 Å². The normalized spacial score (nSPS) is 27.3. The van der Waals surface area contributed by atoms with E-state index >= 15 is 0 Å². The summed E-state index contributed by atoms with van der Waals surface area (Å²) in [4.78, 5) is 7.56. The second kappa shape index (κ2) is 10.1. The first-order valence-corrected chi connectivity index (χ1v) is 11.6. The van der Waals surface area contributed by atoms with Crippen molar-refractivity contribution in [2.75, 3.05) is 52.6 Å². The van der Waals surface area contributed by atoms with Gasteiger partial charge in [0.1, 0.15) is 6.10 Å². The van der Waals surface area contributed by atoms with Crippen molar-refractivity contribution in [1.82, 2.24) is 10.2 Å². The van der Waals surface area contributed by atoms with Crippen molar-refractivity contribution in [1.29, 1.82) is 0 Å². The maximum atomic E-state index is 6.05. The van der Waals surface area contributed by atoms with Crippen LogP contribution in [-0.4, -0.2) is 75.7 Å². The summed E-state index contributed by atoms with van der Waals surface area (Å²) in [5, 5.41) is 3.53. The lowest BCUT2D eigenvalue weighted by atomic mass is 9.72. The fourth-order valence-electron chi connectivity index (χ4n) is 5.08. The van der Waals surface area contributed by atoms with Gasteiger partial charge in [-0.1, -0.05) is 24.3 Å². The zero-order valence-electron chi connectivity index (χ0n) is 18.6. The highest BCUT2D eigenvalue weighted by atomic mass is 16.5. The van der Waals surface area contributed by atoms with Gasteiger partial charge in [0.05, 0.1) is 19.3 Å². The minimum absolute atomic E-state index is 0.0461. The number of nitrogens with one attached hydrogen (secondary N) is 1. The lowest BCUT2D eigenvalue weighted by molar-refractivity contribution is -0.0817. The van der Waals surface area contributed by atoms with E-state index in [0.717, 1.165) is 84.2 Å². The molecule has 1 aromatic carbocycles. The van der Waals surface area contributed by atoms with Crippen LogP contribution in [0.5, 0.6) is 0 Å². The van der Waals surface area contributed by atoms with Crippen LogP contribution in [0.3, 0.4) is 0 Å². The van der Waals surface area contributed by atoms with Crippen LogP contribution >= 0.6 is 0 Å². The Morgan fingerprint density at radius 2 is 1.93 bits per heavy atom. The summed E-state index contributed by atoms with van der Waals surface area (Å²) in [7, 11) is 0. The van der Waals surface area contributed by atoms with Gasteiger partial charge in [-0.3, -0.25) is 4.99 Å². The van der Waals surface area contributed by atoms with E-state index in [1.807, 2.05) is 0 Å². The topological polar surface area (TPSA) is 55.3 Å². The molecular weight excluding hydrogens is 378 g/mol. The fraction of sp³-hybridized carbons (Fsp3) is 0.708. The van der Waals surface area contributed by atoms with Crippen molar-refractivity contribution in [3.05, 3.63) is 35.4 Å². The standard InChI is InChI=1S/C24H37N3O3/c1-3-25-23(27-12-16-30-22(17-27)21-9-6-13-29-21)26-18-24(10-14-28-15-11-24)20-8-5-4-7-19(20)2/h4-5,7-8,21-22H,3,6,9-18H2,1-2H3,(H,25,26). The van der Waals surface area contributed by atoms with E-state index in [1.54, 1.807) is 0 Å². The van der Waals surface area contributed by atoms with Crippen LogP contribution in [0.15, 0.2) is 29.3 Å². The Labute approximate surface area is 181 Å². The molecule has 0 amide bonds. The summed E-state index contributed by atoms with van der Waals surface area (Å²) in [5.74, 6) is 1.00. The molecule has 4 rings (SSSR count). The van der Waals surface area contributed by atoms with E-state index in [0.29, 0.717) is 0 Å². The highest BCUT2D eigenvalue weighted by molar-refractivity contribution is 5.80. The molecule has 2 atom stereocenters. The summed E-state index contributed by atoms with van der Waals surface area (Å²) >= 11 is 0. The van der Waals surface area contributed by atoms with Gasteiger partial charge >= 0.3 is 0 Å². The zero-order valence-corrected chi connectivity index (χ0v) is 18.6. The summed E-state index contributed by atoms with van der Waals surface area (Å²) in [6, 6.07) is 8.78. The molecule has 3 aliphatic rings. The Balaban J connectivity index is 1.53. The van der Waals surface area contributed by atoms with Gasteiger partial charge in [-0.25, -0.2) is 0 Å². The van der Waals surface area contributed by atoms with Crippen LogP contribution in [0.4, 0.5) is 0 Å². The van der Waals surface area contributed by atoms with Gasteiger partial charge in [-0.2, -0.15) is 0 Å². The Hall–Kier alpha value is -1.63. The Morgan fingerprint density at radius 3 is 2.67 bits per heavy atom. The molecule has 6 heteroatoms. The second-order valence-electron chi connectivity index (χ2n) is 8.78. The number of guanidine groups is 1. The second-order valence-corrected chi connectivity index (χ2v) is 8.78. The number of benzene rings is 1. The van der Waals surface area contributed by atoms with E-state index < -0.39 is 0 Å². The highest BCUT2D eigenvalue weighted by Gasteiger charge is 2.36. The molecule has 30 heavy (non-hydrogen) atoms. The summed E-state index contributed by atoms with van der Waals surface area (Å²) < 4.78 is 17.7. The summed E-state index contributed by atoms with van der Waals surface area (Å²) in [6.45, 7) is 10.9. The molecule has 0 aromatic heterocycles. The number of nitrogens with zero attached hydrogens (tertiary/aromatic N) is 2. The molecule has 3 saturated heterocycles. The first-order valence-electron chi connectivity index (χ1n) is 11.6. The van der Waals surface area contributed by atoms with E-state index in [4.69, 9.17) is 19.2 Å². The lowest BCUT2D eigenvalue weighted by Gasteiger charge is -2.39. The molecule has 0 saturated carbocycles. The van der Waals surface area contributed by atoms with Gasteiger partial charge in [0.2, 0.25) is 0 Å². The van der Waals surface area contributed by atoms with E-state index in [1.165, 1.54) is 11.1 Å². The largest absolute Gasteiger partial charge is 0.381 e. The fourth-order valence-corrected chi connectivity index (χ4v) is 5.08.